The van der Waals surface area contributed by atoms with Crippen molar-refractivity contribution < 1.29 is 4.42 Å². The third-order valence-electron chi connectivity index (χ3n) is 2.96. The first-order valence-electron chi connectivity index (χ1n) is 6.65. The van der Waals surface area contributed by atoms with Crippen molar-refractivity contribution in [3.63, 3.8) is 0 Å². The van der Waals surface area contributed by atoms with E-state index in [-0.39, 0.29) is 5.41 Å². The Balaban J connectivity index is 2.34. The molecule has 0 saturated heterocycles. The van der Waals surface area contributed by atoms with Gasteiger partial charge in [-0.25, -0.2) is 0 Å². The molecule has 0 atom stereocenters. The van der Waals surface area contributed by atoms with Crippen molar-refractivity contribution in [2.75, 3.05) is 6.54 Å². The van der Waals surface area contributed by atoms with E-state index >= 15 is 0 Å². The van der Waals surface area contributed by atoms with Gasteiger partial charge in [0, 0.05) is 5.56 Å². The largest absolute Gasteiger partial charge is 0.419 e. The maximum Gasteiger partial charge on any atom is 0.248 e. The lowest BCUT2D eigenvalue weighted by molar-refractivity contribution is 0.480. The van der Waals surface area contributed by atoms with Crippen molar-refractivity contribution in [1.82, 2.24) is 15.5 Å². The Kier molecular flexibility index (Phi) is 4.00. The second-order valence-electron chi connectivity index (χ2n) is 5.58. The maximum atomic E-state index is 5.72. The van der Waals surface area contributed by atoms with Crippen LogP contribution in [-0.2, 0) is 12.0 Å². The van der Waals surface area contributed by atoms with Gasteiger partial charge in [-0.1, -0.05) is 45.9 Å². The average Bonchev–Trinajstić information content (AvgIpc) is 2.84. The summed E-state index contributed by atoms with van der Waals surface area (Å²) in [6.07, 6.45) is 0. The Morgan fingerprint density at radius 2 is 1.89 bits per heavy atom. The van der Waals surface area contributed by atoms with E-state index in [0.717, 1.165) is 12.1 Å². The van der Waals surface area contributed by atoms with Gasteiger partial charge in [-0.2, -0.15) is 0 Å². The minimum absolute atomic E-state index is 0.0485. The highest BCUT2D eigenvalue weighted by molar-refractivity contribution is 5.60. The number of benzene rings is 1. The van der Waals surface area contributed by atoms with Crippen molar-refractivity contribution in [2.45, 2.75) is 39.7 Å². The zero-order valence-electron chi connectivity index (χ0n) is 12.0. The van der Waals surface area contributed by atoms with Gasteiger partial charge in [0.25, 0.3) is 0 Å². The molecule has 0 radical (unpaired) electrons. The van der Waals surface area contributed by atoms with Crippen LogP contribution in [0, 0.1) is 0 Å². The van der Waals surface area contributed by atoms with Crippen molar-refractivity contribution >= 4 is 0 Å². The zero-order chi connectivity index (χ0) is 13.9. The van der Waals surface area contributed by atoms with Crippen LogP contribution in [0.15, 0.2) is 28.7 Å². The molecular formula is C15H21N3O. The van der Waals surface area contributed by atoms with Crippen LogP contribution in [0.25, 0.3) is 11.5 Å². The van der Waals surface area contributed by atoms with Gasteiger partial charge in [0.05, 0.1) is 6.54 Å². The van der Waals surface area contributed by atoms with Crippen LogP contribution in [0.5, 0.6) is 0 Å². The monoisotopic (exact) mass is 259 g/mol. The molecule has 0 aliphatic rings. The van der Waals surface area contributed by atoms with Crippen LogP contribution in [-0.4, -0.2) is 16.7 Å². The predicted molar refractivity (Wildman–Crippen MR) is 75.8 cm³/mol. The number of nitrogens with one attached hydrogen (secondary N) is 1. The fourth-order valence-electron chi connectivity index (χ4n) is 1.99. The molecule has 1 aromatic carbocycles. The van der Waals surface area contributed by atoms with Crippen LogP contribution >= 0.6 is 0 Å². The summed E-state index contributed by atoms with van der Waals surface area (Å²) < 4.78 is 5.72. The SMILES string of the molecule is CCNCc1nnc(-c2ccccc2C(C)(C)C)o1. The minimum Gasteiger partial charge on any atom is -0.419 e. The molecule has 1 N–H and O–H groups in total. The van der Waals surface area contributed by atoms with E-state index in [1.54, 1.807) is 0 Å². The molecule has 0 spiro atoms. The van der Waals surface area contributed by atoms with Crippen molar-refractivity contribution in [1.29, 1.82) is 0 Å². The van der Waals surface area contributed by atoms with Crippen molar-refractivity contribution in [3.05, 3.63) is 35.7 Å². The van der Waals surface area contributed by atoms with Gasteiger partial charge in [0.2, 0.25) is 11.8 Å². The molecule has 102 valence electrons. The van der Waals surface area contributed by atoms with E-state index in [1.165, 1.54) is 5.56 Å². The van der Waals surface area contributed by atoms with Crippen LogP contribution in [0.4, 0.5) is 0 Å². The summed E-state index contributed by atoms with van der Waals surface area (Å²) >= 11 is 0. The molecule has 4 heteroatoms. The third-order valence-corrected chi connectivity index (χ3v) is 2.96. The summed E-state index contributed by atoms with van der Waals surface area (Å²) in [4.78, 5) is 0. The lowest BCUT2D eigenvalue weighted by Crippen LogP contribution is -2.12. The summed E-state index contributed by atoms with van der Waals surface area (Å²) in [5.41, 5.74) is 2.28. The van der Waals surface area contributed by atoms with E-state index in [0.29, 0.717) is 18.3 Å². The minimum atomic E-state index is 0.0485. The summed E-state index contributed by atoms with van der Waals surface area (Å²) in [6.45, 7) is 10.1. The Labute approximate surface area is 114 Å². The Hall–Kier alpha value is -1.68. The lowest BCUT2D eigenvalue weighted by Gasteiger charge is -2.21. The van der Waals surface area contributed by atoms with Gasteiger partial charge in [0.15, 0.2) is 0 Å². The number of nitrogens with zero attached hydrogens (tertiary/aromatic N) is 2. The molecule has 0 aliphatic heterocycles. The van der Waals surface area contributed by atoms with Crippen LogP contribution in [0.3, 0.4) is 0 Å². The number of rotatable bonds is 4. The highest BCUT2D eigenvalue weighted by Crippen LogP contribution is 2.31. The molecule has 0 fully saturated rings. The van der Waals surface area contributed by atoms with Gasteiger partial charge >= 0.3 is 0 Å². The van der Waals surface area contributed by atoms with Gasteiger partial charge < -0.3 is 9.73 Å². The van der Waals surface area contributed by atoms with Gasteiger partial charge in [0.1, 0.15) is 0 Å². The van der Waals surface area contributed by atoms with Gasteiger partial charge in [-0.05, 0) is 23.6 Å². The first-order chi connectivity index (χ1) is 9.02. The zero-order valence-corrected chi connectivity index (χ0v) is 12.0. The van der Waals surface area contributed by atoms with Crippen LogP contribution < -0.4 is 5.32 Å². The van der Waals surface area contributed by atoms with E-state index in [9.17, 15) is 0 Å². The molecule has 2 aromatic rings. The summed E-state index contributed by atoms with van der Waals surface area (Å²) in [5.74, 6) is 1.22. The van der Waals surface area contributed by atoms with Crippen LogP contribution in [0.1, 0.15) is 39.1 Å². The topological polar surface area (TPSA) is 51.0 Å². The molecule has 0 bridgehead atoms. The smallest absolute Gasteiger partial charge is 0.248 e. The Bertz CT molecular complexity index is 540. The third kappa shape index (κ3) is 3.20. The normalized spacial score (nSPS) is 11.8. The average molecular weight is 259 g/mol. The molecule has 0 unspecified atom stereocenters. The molecule has 4 nitrogen and oxygen atoms in total. The predicted octanol–water partition coefficient (Wildman–Crippen LogP) is 3.14. The summed E-state index contributed by atoms with van der Waals surface area (Å²) in [6, 6.07) is 8.19. The second kappa shape index (κ2) is 5.53. The highest BCUT2D eigenvalue weighted by Gasteiger charge is 2.21. The molecule has 1 heterocycles. The lowest BCUT2D eigenvalue weighted by atomic mass is 9.84. The Morgan fingerprint density at radius 1 is 1.16 bits per heavy atom. The van der Waals surface area contributed by atoms with E-state index < -0.39 is 0 Å². The maximum absolute atomic E-state index is 5.72. The van der Waals surface area contributed by atoms with Gasteiger partial charge in [-0.3, -0.25) is 0 Å². The summed E-state index contributed by atoms with van der Waals surface area (Å²) in [5, 5.41) is 11.4. The van der Waals surface area contributed by atoms with E-state index in [4.69, 9.17) is 4.42 Å². The first kappa shape index (κ1) is 13.7. The fraction of sp³-hybridized carbons (Fsp3) is 0.467. The first-order valence-corrected chi connectivity index (χ1v) is 6.65. The van der Waals surface area contributed by atoms with E-state index in [1.807, 2.05) is 25.1 Å². The second-order valence-corrected chi connectivity index (χ2v) is 5.58. The standard InChI is InChI=1S/C15H21N3O/c1-5-16-10-13-17-18-14(19-13)11-8-6-7-9-12(11)15(2,3)4/h6-9,16H,5,10H2,1-4H3. The highest BCUT2D eigenvalue weighted by atomic mass is 16.4. The molecule has 2 rings (SSSR count). The Morgan fingerprint density at radius 3 is 2.58 bits per heavy atom. The molecule has 1 aromatic heterocycles. The number of aromatic nitrogens is 2. The molecule has 0 aliphatic carbocycles. The molecule has 19 heavy (non-hydrogen) atoms. The van der Waals surface area contributed by atoms with Crippen molar-refractivity contribution in [2.24, 2.45) is 0 Å². The molecule has 0 saturated carbocycles. The number of hydrogen-bond acceptors (Lipinski definition) is 4. The quantitative estimate of drug-likeness (QED) is 0.916. The molecular weight excluding hydrogens is 238 g/mol. The summed E-state index contributed by atoms with van der Waals surface area (Å²) in [7, 11) is 0. The van der Waals surface area contributed by atoms with Gasteiger partial charge in [-0.15, -0.1) is 10.2 Å². The van der Waals surface area contributed by atoms with Crippen molar-refractivity contribution in [3.8, 4) is 11.5 Å². The van der Waals surface area contributed by atoms with Crippen LogP contribution in [0.2, 0.25) is 0 Å². The van der Waals surface area contributed by atoms with E-state index in [2.05, 4.69) is 42.4 Å². The molecule has 0 amide bonds. The number of hydrogen-bond donors (Lipinski definition) is 1. The fourth-order valence-corrected chi connectivity index (χ4v) is 1.99.